The Morgan fingerprint density at radius 3 is 2.76 bits per heavy atom. The number of rotatable bonds is 1. The first-order valence-corrected chi connectivity index (χ1v) is 7.35. The number of carbonyl (C=O) groups is 1. The van der Waals surface area contributed by atoms with Gasteiger partial charge in [-0.2, -0.15) is 0 Å². The first-order chi connectivity index (χ1) is 10.0. The van der Waals surface area contributed by atoms with Crippen molar-refractivity contribution in [1.29, 1.82) is 0 Å². The van der Waals surface area contributed by atoms with Gasteiger partial charge in [0.1, 0.15) is 0 Å². The number of aryl methyl sites for hydroxylation is 1. The summed E-state index contributed by atoms with van der Waals surface area (Å²) in [7, 11) is 0. The summed E-state index contributed by atoms with van der Waals surface area (Å²) in [4.78, 5) is 14.5. The highest BCUT2D eigenvalue weighted by atomic mass is 35.5. The van der Waals surface area contributed by atoms with Crippen molar-refractivity contribution in [3.63, 3.8) is 0 Å². The van der Waals surface area contributed by atoms with Gasteiger partial charge in [0.05, 0.1) is 0 Å². The molecule has 0 atom stereocenters. The number of nitrogens with two attached hydrogens (primary N) is 1. The van der Waals surface area contributed by atoms with Crippen LogP contribution in [0.15, 0.2) is 36.4 Å². The third-order valence-corrected chi connectivity index (χ3v) is 4.36. The molecule has 0 bridgehead atoms. The molecule has 0 aromatic heterocycles. The molecule has 2 aromatic rings. The van der Waals surface area contributed by atoms with Crippen molar-refractivity contribution < 1.29 is 4.79 Å². The molecular weight excluding hydrogens is 284 g/mol. The van der Waals surface area contributed by atoms with Crippen LogP contribution in [-0.2, 0) is 13.0 Å². The van der Waals surface area contributed by atoms with E-state index in [0.29, 0.717) is 17.1 Å². The number of hydrogen-bond acceptors (Lipinski definition) is 2. The summed E-state index contributed by atoms with van der Waals surface area (Å²) < 4.78 is 0. The van der Waals surface area contributed by atoms with Crippen molar-refractivity contribution in [3.05, 3.63) is 63.7 Å². The predicted octanol–water partition coefficient (Wildman–Crippen LogP) is 3.43. The van der Waals surface area contributed by atoms with Crippen LogP contribution in [0.3, 0.4) is 0 Å². The van der Waals surface area contributed by atoms with Crippen LogP contribution in [0.2, 0.25) is 5.02 Å². The molecule has 1 heterocycles. The van der Waals surface area contributed by atoms with Crippen molar-refractivity contribution >= 4 is 23.2 Å². The fraction of sp³-hybridized carbons (Fsp3) is 0.235. The minimum atomic E-state index is 0.0443. The highest BCUT2D eigenvalue weighted by Crippen LogP contribution is 2.24. The topological polar surface area (TPSA) is 46.3 Å². The van der Waals surface area contributed by atoms with Gasteiger partial charge in [0.25, 0.3) is 5.91 Å². The Hall–Kier alpha value is -2.00. The van der Waals surface area contributed by atoms with Crippen LogP contribution >= 0.6 is 11.6 Å². The molecule has 3 nitrogen and oxygen atoms in total. The molecule has 1 aliphatic heterocycles. The van der Waals surface area contributed by atoms with Gasteiger partial charge < -0.3 is 10.6 Å². The van der Waals surface area contributed by atoms with Crippen molar-refractivity contribution in [3.8, 4) is 0 Å². The summed E-state index contributed by atoms with van der Waals surface area (Å²) >= 11 is 6.02. The number of nitrogens with zero attached hydrogens (tertiary/aromatic N) is 1. The van der Waals surface area contributed by atoms with Gasteiger partial charge in [0.15, 0.2) is 0 Å². The number of nitrogen functional groups attached to an aromatic ring is 1. The van der Waals surface area contributed by atoms with Gasteiger partial charge in [-0.1, -0.05) is 17.7 Å². The molecule has 0 saturated heterocycles. The van der Waals surface area contributed by atoms with E-state index in [1.54, 1.807) is 12.1 Å². The largest absolute Gasteiger partial charge is 0.399 e. The van der Waals surface area contributed by atoms with Crippen LogP contribution in [0.4, 0.5) is 5.69 Å². The van der Waals surface area contributed by atoms with Gasteiger partial charge in [-0.3, -0.25) is 4.79 Å². The lowest BCUT2D eigenvalue weighted by molar-refractivity contribution is 0.0734. The van der Waals surface area contributed by atoms with Crippen LogP contribution in [0, 0.1) is 6.92 Å². The molecule has 0 fully saturated rings. The Bertz CT molecular complexity index is 712. The average molecular weight is 301 g/mol. The highest BCUT2D eigenvalue weighted by molar-refractivity contribution is 6.31. The number of hydrogen-bond donors (Lipinski definition) is 1. The maximum atomic E-state index is 12.6. The molecule has 1 aliphatic rings. The fourth-order valence-electron chi connectivity index (χ4n) is 2.71. The Balaban J connectivity index is 1.85. The SMILES string of the molecule is Cc1cc(C(=O)N2CCc3ccc(N)cc3C2)ccc1Cl. The molecule has 4 heteroatoms. The summed E-state index contributed by atoms with van der Waals surface area (Å²) in [6, 6.07) is 11.3. The van der Waals surface area contributed by atoms with Gasteiger partial charge in [-0.15, -0.1) is 0 Å². The Morgan fingerprint density at radius 1 is 1.19 bits per heavy atom. The highest BCUT2D eigenvalue weighted by Gasteiger charge is 2.22. The molecule has 2 aromatic carbocycles. The molecule has 0 unspecified atom stereocenters. The molecule has 0 radical (unpaired) electrons. The first kappa shape index (κ1) is 14.0. The van der Waals surface area contributed by atoms with Crippen molar-refractivity contribution in [2.24, 2.45) is 0 Å². The lowest BCUT2D eigenvalue weighted by atomic mass is 9.98. The molecule has 0 spiro atoms. The number of amides is 1. The van der Waals surface area contributed by atoms with E-state index in [2.05, 4.69) is 6.07 Å². The number of halogens is 1. The minimum absolute atomic E-state index is 0.0443. The van der Waals surface area contributed by atoms with E-state index in [4.69, 9.17) is 17.3 Å². The number of carbonyl (C=O) groups excluding carboxylic acids is 1. The number of fused-ring (bicyclic) bond motifs is 1. The number of benzene rings is 2. The smallest absolute Gasteiger partial charge is 0.254 e. The molecule has 21 heavy (non-hydrogen) atoms. The Morgan fingerprint density at radius 2 is 2.00 bits per heavy atom. The summed E-state index contributed by atoms with van der Waals surface area (Å²) in [6.45, 7) is 3.25. The van der Waals surface area contributed by atoms with Crippen molar-refractivity contribution in [1.82, 2.24) is 4.90 Å². The summed E-state index contributed by atoms with van der Waals surface area (Å²) in [5.41, 5.74) is 10.6. The molecule has 1 amide bonds. The zero-order valence-corrected chi connectivity index (χ0v) is 12.7. The van der Waals surface area contributed by atoms with Crippen LogP contribution in [-0.4, -0.2) is 17.4 Å². The summed E-state index contributed by atoms with van der Waals surface area (Å²) in [5, 5.41) is 0.684. The Kier molecular flexibility index (Phi) is 3.60. The van der Waals surface area contributed by atoms with E-state index in [0.717, 1.165) is 29.8 Å². The van der Waals surface area contributed by atoms with Gasteiger partial charge in [0, 0.05) is 29.4 Å². The van der Waals surface area contributed by atoms with E-state index in [1.165, 1.54) is 5.56 Å². The van der Waals surface area contributed by atoms with Gasteiger partial charge in [-0.25, -0.2) is 0 Å². The van der Waals surface area contributed by atoms with E-state index in [-0.39, 0.29) is 5.91 Å². The summed E-state index contributed by atoms with van der Waals surface area (Å²) in [5.74, 6) is 0.0443. The zero-order valence-electron chi connectivity index (χ0n) is 11.9. The van der Waals surface area contributed by atoms with E-state index in [1.807, 2.05) is 30.0 Å². The second kappa shape index (κ2) is 5.41. The fourth-order valence-corrected chi connectivity index (χ4v) is 2.83. The maximum absolute atomic E-state index is 12.6. The van der Waals surface area contributed by atoms with Crippen LogP contribution in [0.1, 0.15) is 27.0 Å². The van der Waals surface area contributed by atoms with Crippen molar-refractivity contribution in [2.75, 3.05) is 12.3 Å². The Labute approximate surface area is 129 Å². The minimum Gasteiger partial charge on any atom is -0.399 e. The molecular formula is C17H17ClN2O. The molecule has 0 saturated carbocycles. The lowest BCUT2D eigenvalue weighted by Gasteiger charge is -2.29. The van der Waals surface area contributed by atoms with E-state index >= 15 is 0 Å². The first-order valence-electron chi connectivity index (χ1n) is 6.97. The second-order valence-corrected chi connectivity index (χ2v) is 5.88. The molecule has 3 rings (SSSR count). The molecule has 2 N–H and O–H groups in total. The lowest BCUT2D eigenvalue weighted by Crippen LogP contribution is -2.36. The zero-order chi connectivity index (χ0) is 15.0. The number of anilines is 1. The van der Waals surface area contributed by atoms with Gasteiger partial charge >= 0.3 is 0 Å². The predicted molar refractivity (Wildman–Crippen MR) is 85.5 cm³/mol. The van der Waals surface area contributed by atoms with Crippen molar-refractivity contribution in [2.45, 2.75) is 19.9 Å². The third kappa shape index (κ3) is 2.74. The van der Waals surface area contributed by atoms with E-state index in [9.17, 15) is 4.79 Å². The van der Waals surface area contributed by atoms with Crippen LogP contribution in [0.5, 0.6) is 0 Å². The monoisotopic (exact) mass is 300 g/mol. The second-order valence-electron chi connectivity index (χ2n) is 5.47. The molecule has 108 valence electrons. The normalized spacial score (nSPS) is 13.9. The van der Waals surface area contributed by atoms with Crippen LogP contribution in [0.25, 0.3) is 0 Å². The van der Waals surface area contributed by atoms with Gasteiger partial charge in [-0.05, 0) is 60.4 Å². The van der Waals surface area contributed by atoms with E-state index < -0.39 is 0 Å². The van der Waals surface area contributed by atoms with Crippen LogP contribution < -0.4 is 5.73 Å². The quantitative estimate of drug-likeness (QED) is 0.820. The standard InChI is InChI=1S/C17H17ClN2O/c1-11-8-13(3-5-16(11)18)17(21)20-7-6-12-2-4-15(19)9-14(12)10-20/h2-5,8-9H,6-7,10,19H2,1H3. The maximum Gasteiger partial charge on any atom is 0.254 e. The average Bonchev–Trinajstić information content (AvgIpc) is 2.48. The van der Waals surface area contributed by atoms with Gasteiger partial charge in [0.2, 0.25) is 0 Å². The third-order valence-electron chi connectivity index (χ3n) is 3.93. The molecule has 0 aliphatic carbocycles. The summed E-state index contributed by atoms with van der Waals surface area (Å²) in [6.07, 6.45) is 0.869.